The average molecular weight is 259 g/mol. The molecule has 1 aromatic heterocycles. The summed E-state index contributed by atoms with van der Waals surface area (Å²) in [7, 11) is 1.54. The van der Waals surface area contributed by atoms with Crippen molar-refractivity contribution >= 4 is 11.9 Å². The Hall–Kier alpha value is -2.63. The van der Waals surface area contributed by atoms with E-state index < -0.39 is 5.97 Å². The van der Waals surface area contributed by atoms with Gasteiger partial charge in [0, 0.05) is 18.8 Å². The minimum Gasteiger partial charge on any atom is -0.481 e. The Morgan fingerprint density at radius 1 is 1.32 bits per heavy atom. The summed E-state index contributed by atoms with van der Waals surface area (Å²) in [4.78, 5) is 18.9. The number of benzene rings is 1. The van der Waals surface area contributed by atoms with Crippen LogP contribution in [0, 0.1) is 0 Å². The third-order valence-electron chi connectivity index (χ3n) is 2.49. The highest BCUT2D eigenvalue weighted by Crippen LogP contribution is 2.10. The summed E-state index contributed by atoms with van der Waals surface area (Å²) in [5.74, 6) is 0.0102. The molecule has 0 aliphatic rings. The number of anilines is 1. The molecule has 0 spiro atoms. The molecule has 0 aliphatic heterocycles. The lowest BCUT2D eigenvalue weighted by atomic mass is 10.1. The smallest absolute Gasteiger partial charge is 0.335 e. The zero-order chi connectivity index (χ0) is 13.7. The first-order chi connectivity index (χ1) is 9.19. The molecule has 0 fully saturated rings. The van der Waals surface area contributed by atoms with Gasteiger partial charge in [-0.3, -0.25) is 0 Å². The zero-order valence-electron chi connectivity index (χ0n) is 10.3. The van der Waals surface area contributed by atoms with E-state index in [0.29, 0.717) is 18.4 Å². The molecule has 2 N–H and O–H groups in total. The van der Waals surface area contributed by atoms with E-state index in [1.54, 1.807) is 36.5 Å². The highest BCUT2D eigenvalue weighted by Gasteiger charge is 2.02. The van der Waals surface area contributed by atoms with Crippen LogP contribution in [0.1, 0.15) is 15.9 Å². The summed E-state index contributed by atoms with van der Waals surface area (Å²) in [6.45, 7) is 0.507. The number of nitrogens with zero attached hydrogens (tertiary/aromatic N) is 2. The van der Waals surface area contributed by atoms with Crippen LogP contribution in [-0.4, -0.2) is 28.2 Å². The number of hydrogen-bond donors (Lipinski definition) is 2. The molecule has 6 nitrogen and oxygen atoms in total. The van der Waals surface area contributed by atoms with Gasteiger partial charge in [0.05, 0.1) is 12.7 Å². The van der Waals surface area contributed by atoms with Crippen molar-refractivity contribution in [1.82, 2.24) is 9.97 Å². The first-order valence-electron chi connectivity index (χ1n) is 5.62. The SMILES string of the molecule is COc1ccnc(NCc2ccc(C(=O)O)cc2)n1. The van der Waals surface area contributed by atoms with Gasteiger partial charge in [0.25, 0.3) is 0 Å². The Bertz CT molecular complexity index is 570. The van der Waals surface area contributed by atoms with E-state index in [1.807, 2.05) is 0 Å². The van der Waals surface area contributed by atoms with Gasteiger partial charge in [0.15, 0.2) is 0 Å². The number of ether oxygens (including phenoxy) is 1. The summed E-state index contributed by atoms with van der Waals surface area (Å²) >= 11 is 0. The second kappa shape index (κ2) is 5.81. The molecule has 2 rings (SSSR count). The number of nitrogens with one attached hydrogen (secondary N) is 1. The van der Waals surface area contributed by atoms with Crippen molar-refractivity contribution in [3.05, 3.63) is 47.7 Å². The normalized spacial score (nSPS) is 9.95. The van der Waals surface area contributed by atoms with Crippen molar-refractivity contribution in [3.63, 3.8) is 0 Å². The van der Waals surface area contributed by atoms with E-state index in [9.17, 15) is 4.79 Å². The number of carbonyl (C=O) groups is 1. The van der Waals surface area contributed by atoms with Gasteiger partial charge in [-0.15, -0.1) is 0 Å². The molecular formula is C13H13N3O3. The molecule has 0 unspecified atom stereocenters. The molecule has 2 aromatic rings. The van der Waals surface area contributed by atoms with Crippen molar-refractivity contribution in [2.45, 2.75) is 6.54 Å². The van der Waals surface area contributed by atoms with Crippen LogP contribution >= 0.6 is 0 Å². The zero-order valence-corrected chi connectivity index (χ0v) is 10.3. The largest absolute Gasteiger partial charge is 0.481 e. The third kappa shape index (κ3) is 3.41. The van der Waals surface area contributed by atoms with Crippen molar-refractivity contribution < 1.29 is 14.6 Å². The number of rotatable bonds is 5. The standard InChI is InChI=1S/C13H13N3O3/c1-19-11-6-7-14-13(16-11)15-8-9-2-4-10(5-3-9)12(17)18/h2-7H,8H2,1H3,(H,17,18)(H,14,15,16). The Kier molecular flexibility index (Phi) is 3.92. The van der Waals surface area contributed by atoms with Crippen molar-refractivity contribution in [2.75, 3.05) is 12.4 Å². The number of aromatic carboxylic acids is 1. The minimum atomic E-state index is -0.935. The molecule has 6 heteroatoms. The average Bonchev–Trinajstić information content (AvgIpc) is 2.46. The summed E-state index contributed by atoms with van der Waals surface area (Å²) in [6.07, 6.45) is 1.60. The topological polar surface area (TPSA) is 84.3 Å². The molecule has 0 atom stereocenters. The van der Waals surface area contributed by atoms with Gasteiger partial charge in [0.2, 0.25) is 11.8 Å². The predicted molar refractivity (Wildman–Crippen MR) is 69.3 cm³/mol. The molecule has 1 aromatic carbocycles. The number of hydrogen-bond acceptors (Lipinski definition) is 5. The molecule has 0 saturated carbocycles. The van der Waals surface area contributed by atoms with Crippen LogP contribution in [-0.2, 0) is 6.54 Å². The van der Waals surface area contributed by atoms with E-state index in [4.69, 9.17) is 9.84 Å². The fourth-order valence-electron chi connectivity index (χ4n) is 1.49. The molecule has 0 aliphatic carbocycles. The fourth-order valence-corrected chi connectivity index (χ4v) is 1.49. The second-order valence-electron chi connectivity index (χ2n) is 3.78. The lowest BCUT2D eigenvalue weighted by molar-refractivity contribution is 0.0697. The van der Waals surface area contributed by atoms with Gasteiger partial charge in [0.1, 0.15) is 0 Å². The molecule has 1 heterocycles. The van der Waals surface area contributed by atoms with Gasteiger partial charge in [-0.2, -0.15) is 4.98 Å². The van der Waals surface area contributed by atoms with Gasteiger partial charge in [-0.1, -0.05) is 12.1 Å². The van der Waals surface area contributed by atoms with E-state index >= 15 is 0 Å². The van der Waals surface area contributed by atoms with E-state index in [0.717, 1.165) is 5.56 Å². The Morgan fingerprint density at radius 2 is 2.05 bits per heavy atom. The van der Waals surface area contributed by atoms with Crippen LogP contribution in [0.25, 0.3) is 0 Å². The van der Waals surface area contributed by atoms with Crippen LogP contribution in [0.5, 0.6) is 5.88 Å². The van der Waals surface area contributed by atoms with E-state index in [2.05, 4.69) is 15.3 Å². The number of carboxylic acid groups (broad SMARTS) is 1. The molecule has 19 heavy (non-hydrogen) atoms. The Balaban J connectivity index is 1.99. The molecule has 0 saturated heterocycles. The predicted octanol–water partition coefficient (Wildman–Crippen LogP) is 1.80. The second-order valence-corrected chi connectivity index (χ2v) is 3.78. The number of aromatic nitrogens is 2. The van der Waals surface area contributed by atoms with Crippen molar-refractivity contribution in [1.29, 1.82) is 0 Å². The third-order valence-corrected chi connectivity index (χ3v) is 2.49. The maximum Gasteiger partial charge on any atom is 0.335 e. The number of carboxylic acids is 1. The maximum atomic E-state index is 10.7. The first-order valence-corrected chi connectivity index (χ1v) is 5.62. The number of methoxy groups -OCH3 is 1. The van der Waals surface area contributed by atoms with Crippen LogP contribution in [0.2, 0.25) is 0 Å². The van der Waals surface area contributed by atoms with Crippen LogP contribution in [0.3, 0.4) is 0 Å². The Labute approximate surface area is 110 Å². The fraction of sp³-hybridized carbons (Fsp3) is 0.154. The molecule has 0 radical (unpaired) electrons. The van der Waals surface area contributed by atoms with Crippen molar-refractivity contribution in [3.8, 4) is 5.88 Å². The molecule has 0 bridgehead atoms. The highest BCUT2D eigenvalue weighted by molar-refractivity contribution is 5.87. The van der Waals surface area contributed by atoms with Gasteiger partial charge in [-0.25, -0.2) is 9.78 Å². The van der Waals surface area contributed by atoms with E-state index in [-0.39, 0.29) is 5.56 Å². The Morgan fingerprint density at radius 3 is 2.68 bits per heavy atom. The summed E-state index contributed by atoms with van der Waals surface area (Å²) in [5, 5.41) is 11.8. The van der Waals surface area contributed by atoms with Gasteiger partial charge in [-0.05, 0) is 17.7 Å². The van der Waals surface area contributed by atoms with Crippen molar-refractivity contribution in [2.24, 2.45) is 0 Å². The quantitative estimate of drug-likeness (QED) is 0.851. The van der Waals surface area contributed by atoms with E-state index in [1.165, 1.54) is 7.11 Å². The lowest BCUT2D eigenvalue weighted by Crippen LogP contribution is -2.04. The monoisotopic (exact) mass is 259 g/mol. The first kappa shape index (κ1) is 12.8. The molecule has 98 valence electrons. The minimum absolute atomic E-state index is 0.265. The van der Waals surface area contributed by atoms with Crippen LogP contribution in [0.4, 0.5) is 5.95 Å². The molecular weight excluding hydrogens is 246 g/mol. The summed E-state index contributed by atoms with van der Waals surface area (Å²) < 4.78 is 4.99. The van der Waals surface area contributed by atoms with Gasteiger partial charge < -0.3 is 15.2 Å². The van der Waals surface area contributed by atoms with Gasteiger partial charge >= 0.3 is 5.97 Å². The van der Waals surface area contributed by atoms with Crippen LogP contribution < -0.4 is 10.1 Å². The van der Waals surface area contributed by atoms with Crippen LogP contribution in [0.15, 0.2) is 36.5 Å². The summed E-state index contributed by atoms with van der Waals surface area (Å²) in [6, 6.07) is 8.28. The summed E-state index contributed by atoms with van der Waals surface area (Å²) in [5.41, 5.74) is 1.21. The molecule has 0 amide bonds. The maximum absolute atomic E-state index is 10.7. The highest BCUT2D eigenvalue weighted by atomic mass is 16.5. The lowest BCUT2D eigenvalue weighted by Gasteiger charge is -2.06.